The number of nitrogens with zero attached hydrogens (tertiary/aromatic N) is 2. The lowest BCUT2D eigenvalue weighted by molar-refractivity contribution is 0.651. The summed E-state index contributed by atoms with van der Waals surface area (Å²) in [6.07, 6.45) is 3.14. The Balaban J connectivity index is 2.58. The number of hydrogen-bond acceptors (Lipinski definition) is 1. The van der Waals surface area contributed by atoms with Crippen LogP contribution in [0.15, 0.2) is 36.5 Å². The van der Waals surface area contributed by atoms with Crippen molar-refractivity contribution in [3.05, 3.63) is 48.0 Å². The van der Waals surface area contributed by atoms with Crippen molar-refractivity contribution in [3.8, 4) is 5.69 Å². The SMILES string of the molecule is CCC(C)c1ncc(C(C)C)n1-c1ccccc1. The molecule has 0 aliphatic carbocycles. The molecular formula is C16H22N2. The third-order valence-electron chi connectivity index (χ3n) is 3.48. The van der Waals surface area contributed by atoms with E-state index in [-0.39, 0.29) is 0 Å². The smallest absolute Gasteiger partial charge is 0.116 e. The second-order valence-corrected chi connectivity index (χ2v) is 5.18. The molecule has 2 rings (SSSR count). The summed E-state index contributed by atoms with van der Waals surface area (Å²) in [5, 5.41) is 0. The maximum absolute atomic E-state index is 4.65. The molecule has 96 valence electrons. The summed E-state index contributed by atoms with van der Waals surface area (Å²) in [6, 6.07) is 10.5. The predicted octanol–water partition coefficient (Wildman–Crippen LogP) is 4.51. The van der Waals surface area contributed by atoms with E-state index in [1.165, 1.54) is 17.2 Å². The molecule has 2 heteroatoms. The van der Waals surface area contributed by atoms with Crippen LogP contribution in [-0.4, -0.2) is 9.55 Å². The van der Waals surface area contributed by atoms with Crippen LogP contribution in [0.4, 0.5) is 0 Å². The Morgan fingerprint density at radius 3 is 2.33 bits per heavy atom. The second-order valence-electron chi connectivity index (χ2n) is 5.18. The summed E-state index contributed by atoms with van der Waals surface area (Å²) in [4.78, 5) is 4.65. The summed E-state index contributed by atoms with van der Waals surface area (Å²) in [6.45, 7) is 8.89. The van der Waals surface area contributed by atoms with E-state index in [9.17, 15) is 0 Å². The van der Waals surface area contributed by atoms with Crippen molar-refractivity contribution in [1.29, 1.82) is 0 Å². The summed E-state index contributed by atoms with van der Waals surface area (Å²) < 4.78 is 2.32. The van der Waals surface area contributed by atoms with Gasteiger partial charge in [-0.25, -0.2) is 4.98 Å². The zero-order valence-electron chi connectivity index (χ0n) is 11.7. The van der Waals surface area contributed by atoms with Crippen LogP contribution in [0.25, 0.3) is 5.69 Å². The number of imidazole rings is 1. The number of benzene rings is 1. The monoisotopic (exact) mass is 242 g/mol. The van der Waals surface area contributed by atoms with Gasteiger partial charge in [0.15, 0.2) is 0 Å². The van der Waals surface area contributed by atoms with Gasteiger partial charge in [-0.1, -0.05) is 45.9 Å². The largest absolute Gasteiger partial charge is 0.300 e. The van der Waals surface area contributed by atoms with Crippen LogP contribution in [0.3, 0.4) is 0 Å². The summed E-state index contributed by atoms with van der Waals surface area (Å²) in [5.41, 5.74) is 2.51. The van der Waals surface area contributed by atoms with E-state index < -0.39 is 0 Å². The van der Waals surface area contributed by atoms with Gasteiger partial charge >= 0.3 is 0 Å². The highest BCUT2D eigenvalue weighted by molar-refractivity contribution is 5.36. The molecule has 0 spiro atoms. The maximum Gasteiger partial charge on any atom is 0.116 e. The minimum atomic E-state index is 0.482. The van der Waals surface area contributed by atoms with Crippen LogP contribution in [0.5, 0.6) is 0 Å². The number of para-hydroxylation sites is 1. The Kier molecular flexibility index (Phi) is 3.85. The molecule has 0 aliphatic rings. The van der Waals surface area contributed by atoms with Gasteiger partial charge in [0.05, 0.1) is 0 Å². The fourth-order valence-corrected chi connectivity index (χ4v) is 2.18. The van der Waals surface area contributed by atoms with E-state index in [2.05, 4.69) is 67.6 Å². The fraction of sp³-hybridized carbons (Fsp3) is 0.438. The Morgan fingerprint density at radius 1 is 1.11 bits per heavy atom. The van der Waals surface area contributed by atoms with Crippen LogP contribution in [0.2, 0.25) is 0 Å². The van der Waals surface area contributed by atoms with Gasteiger partial charge in [-0.15, -0.1) is 0 Å². The van der Waals surface area contributed by atoms with Crippen LogP contribution in [0.1, 0.15) is 57.5 Å². The van der Waals surface area contributed by atoms with Crippen LogP contribution in [-0.2, 0) is 0 Å². The Morgan fingerprint density at radius 2 is 1.78 bits per heavy atom. The molecule has 0 aliphatic heterocycles. The molecule has 1 heterocycles. The molecule has 1 unspecified atom stereocenters. The lowest BCUT2D eigenvalue weighted by Crippen LogP contribution is -2.08. The summed E-state index contributed by atoms with van der Waals surface area (Å²) >= 11 is 0. The lowest BCUT2D eigenvalue weighted by Gasteiger charge is -2.17. The zero-order valence-corrected chi connectivity index (χ0v) is 11.7. The van der Waals surface area contributed by atoms with Crippen LogP contribution < -0.4 is 0 Å². The molecule has 0 bridgehead atoms. The molecule has 0 saturated carbocycles. The van der Waals surface area contributed by atoms with Crippen molar-refractivity contribution in [1.82, 2.24) is 9.55 Å². The molecule has 2 aromatic rings. The molecular weight excluding hydrogens is 220 g/mol. The van der Waals surface area contributed by atoms with Crippen LogP contribution >= 0.6 is 0 Å². The molecule has 0 saturated heterocycles. The number of rotatable bonds is 4. The molecule has 2 nitrogen and oxygen atoms in total. The first-order valence-corrected chi connectivity index (χ1v) is 6.78. The average molecular weight is 242 g/mol. The first-order chi connectivity index (χ1) is 8.65. The van der Waals surface area contributed by atoms with Gasteiger partial charge in [0.25, 0.3) is 0 Å². The second kappa shape index (κ2) is 5.38. The van der Waals surface area contributed by atoms with Gasteiger partial charge in [0.1, 0.15) is 5.82 Å². The summed E-state index contributed by atoms with van der Waals surface area (Å²) in [7, 11) is 0. The quantitative estimate of drug-likeness (QED) is 0.771. The van der Waals surface area contributed by atoms with Crippen LogP contribution in [0, 0.1) is 0 Å². The van der Waals surface area contributed by atoms with E-state index in [1.54, 1.807) is 0 Å². The molecule has 0 fully saturated rings. The van der Waals surface area contributed by atoms with Crippen molar-refractivity contribution < 1.29 is 0 Å². The average Bonchev–Trinajstić information content (AvgIpc) is 2.83. The van der Waals surface area contributed by atoms with Gasteiger partial charge in [0.2, 0.25) is 0 Å². The van der Waals surface area contributed by atoms with E-state index in [4.69, 9.17) is 0 Å². The first-order valence-electron chi connectivity index (χ1n) is 6.78. The third kappa shape index (κ3) is 2.33. The third-order valence-corrected chi connectivity index (χ3v) is 3.48. The van der Waals surface area contributed by atoms with Gasteiger partial charge in [-0.05, 0) is 24.5 Å². The van der Waals surface area contributed by atoms with Crippen molar-refractivity contribution in [3.63, 3.8) is 0 Å². The molecule has 0 amide bonds. The normalized spacial score (nSPS) is 12.9. The van der Waals surface area contributed by atoms with Gasteiger partial charge in [-0.3, -0.25) is 0 Å². The van der Waals surface area contributed by atoms with Crippen molar-refractivity contribution >= 4 is 0 Å². The topological polar surface area (TPSA) is 17.8 Å². The standard InChI is InChI=1S/C16H22N2/c1-5-13(4)16-17-11-15(12(2)3)18(16)14-9-7-6-8-10-14/h6-13H,5H2,1-4H3. The van der Waals surface area contributed by atoms with E-state index >= 15 is 0 Å². The Hall–Kier alpha value is -1.57. The number of hydrogen-bond donors (Lipinski definition) is 0. The molecule has 0 radical (unpaired) electrons. The maximum atomic E-state index is 4.65. The van der Waals surface area contributed by atoms with E-state index in [0.29, 0.717) is 11.8 Å². The Bertz CT molecular complexity index is 497. The first kappa shape index (κ1) is 12.9. The van der Waals surface area contributed by atoms with Gasteiger partial charge in [-0.2, -0.15) is 0 Å². The molecule has 1 atom stereocenters. The minimum Gasteiger partial charge on any atom is -0.300 e. The van der Waals surface area contributed by atoms with Crippen molar-refractivity contribution in [2.75, 3.05) is 0 Å². The van der Waals surface area contributed by atoms with Gasteiger partial charge < -0.3 is 4.57 Å². The highest BCUT2D eigenvalue weighted by Gasteiger charge is 2.17. The molecule has 1 aromatic heterocycles. The lowest BCUT2D eigenvalue weighted by atomic mass is 10.1. The van der Waals surface area contributed by atoms with Crippen molar-refractivity contribution in [2.24, 2.45) is 0 Å². The highest BCUT2D eigenvalue weighted by Crippen LogP contribution is 2.26. The van der Waals surface area contributed by atoms with E-state index in [0.717, 1.165) is 6.42 Å². The predicted molar refractivity (Wildman–Crippen MR) is 76.4 cm³/mol. The summed E-state index contributed by atoms with van der Waals surface area (Å²) in [5.74, 6) is 2.14. The van der Waals surface area contributed by atoms with Gasteiger partial charge in [0, 0.05) is 23.5 Å². The minimum absolute atomic E-state index is 0.482. The highest BCUT2D eigenvalue weighted by atomic mass is 15.1. The van der Waals surface area contributed by atoms with E-state index in [1.807, 2.05) is 6.20 Å². The zero-order chi connectivity index (χ0) is 13.1. The Labute approximate surface area is 110 Å². The number of aromatic nitrogens is 2. The fourth-order valence-electron chi connectivity index (χ4n) is 2.18. The molecule has 1 aromatic carbocycles. The molecule has 18 heavy (non-hydrogen) atoms. The van der Waals surface area contributed by atoms with Crippen molar-refractivity contribution in [2.45, 2.75) is 46.0 Å². The molecule has 0 N–H and O–H groups in total.